The van der Waals surface area contributed by atoms with Crippen molar-refractivity contribution in [3.8, 4) is 22.3 Å². The molecule has 0 fully saturated rings. The van der Waals surface area contributed by atoms with Crippen molar-refractivity contribution in [3.05, 3.63) is 145 Å². The van der Waals surface area contributed by atoms with E-state index in [1.165, 1.54) is 92.5 Å². The van der Waals surface area contributed by atoms with Gasteiger partial charge >= 0.3 is 0 Å². The Morgan fingerprint density at radius 3 is 1.73 bits per heavy atom. The first-order valence-electron chi connectivity index (χ1n) is 15.6. The van der Waals surface area contributed by atoms with Gasteiger partial charge in [-0.2, -0.15) is 0 Å². The largest absolute Gasteiger partial charge is 0.0616 e. The van der Waals surface area contributed by atoms with E-state index in [1.54, 1.807) is 0 Å². The topological polar surface area (TPSA) is 0 Å². The molecule has 0 spiro atoms. The van der Waals surface area contributed by atoms with Crippen LogP contribution in [0.25, 0.3) is 86.9 Å². The van der Waals surface area contributed by atoms with Crippen molar-refractivity contribution in [2.45, 2.75) is 26.2 Å². The van der Waals surface area contributed by atoms with Crippen LogP contribution in [-0.2, 0) is 5.41 Å². The van der Waals surface area contributed by atoms with Crippen LogP contribution < -0.4 is 0 Å². The minimum Gasteiger partial charge on any atom is -0.0616 e. The van der Waals surface area contributed by atoms with Crippen molar-refractivity contribution in [3.63, 3.8) is 0 Å². The van der Waals surface area contributed by atoms with E-state index in [-0.39, 0.29) is 5.41 Å². The van der Waals surface area contributed by atoms with Crippen LogP contribution in [0.15, 0.2) is 140 Å². The molecule has 9 aromatic rings. The standard InChI is InChI=1S/C44H32/c1-44(2,3)43-38-14-7-6-13-35(38)41(33-18-15-27-9-4-5-10-31(27)25-33)37-24-21-32(26-39(37)43)34-22-19-30-17-16-28-11-8-12-29-20-23-36(34)42(30)40(28)29/h4-26H,1-3H3. The molecule has 0 aliphatic rings. The van der Waals surface area contributed by atoms with Crippen LogP contribution in [0.2, 0.25) is 0 Å². The molecule has 0 bridgehead atoms. The monoisotopic (exact) mass is 560 g/mol. The van der Waals surface area contributed by atoms with Crippen LogP contribution in [-0.4, -0.2) is 0 Å². The number of benzene rings is 9. The second-order valence-electron chi connectivity index (χ2n) is 13.3. The fraction of sp³-hybridized carbons (Fsp3) is 0.0909. The van der Waals surface area contributed by atoms with E-state index < -0.39 is 0 Å². The van der Waals surface area contributed by atoms with Gasteiger partial charge in [0.15, 0.2) is 0 Å². The molecule has 9 aromatic carbocycles. The maximum absolute atomic E-state index is 2.47. The molecule has 9 rings (SSSR count). The molecule has 0 unspecified atom stereocenters. The molecule has 0 saturated carbocycles. The molecule has 0 amide bonds. The molecule has 0 nitrogen and oxygen atoms in total. The molecule has 0 heteroatoms. The Balaban J connectivity index is 1.39. The van der Waals surface area contributed by atoms with Gasteiger partial charge in [0.1, 0.15) is 0 Å². The van der Waals surface area contributed by atoms with Crippen LogP contribution in [0, 0.1) is 0 Å². The predicted octanol–water partition coefficient (Wildman–Crippen LogP) is 12.7. The second kappa shape index (κ2) is 9.15. The van der Waals surface area contributed by atoms with Gasteiger partial charge in [0.2, 0.25) is 0 Å². The van der Waals surface area contributed by atoms with Gasteiger partial charge in [0, 0.05) is 0 Å². The van der Waals surface area contributed by atoms with Crippen LogP contribution >= 0.6 is 0 Å². The third kappa shape index (κ3) is 3.64. The van der Waals surface area contributed by atoms with Crippen molar-refractivity contribution in [2.24, 2.45) is 0 Å². The fourth-order valence-corrected chi connectivity index (χ4v) is 7.80. The summed E-state index contributed by atoms with van der Waals surface area (Å²) in [4.78, 5) is 0. The molecular weight excluding hydrogens is 528 g/mol. The average molecular weight is 561 g/mol. The van der Waals surface area contributed by atoms with Gasteiger partial charge in [0.05, 0.1) is 0 Å². The molecular formula is C44H32. The summed E-state index contributed by atoms with van der Waals surface area (Å²) in [6, 6.07) is 52.2. The smallest absolute Gasteiger partial charge is 0.00206 e. The predicted molar refractivity (Wildman–Crippen MR) is 192 cm³/mol. The maximum Gasteiger partial charge on any atom is -0.00206 e. The summed E-state index contributed by atoms with van der Waals surface area (Å²) in [7, 11) is 0. The van der Waals surface area contributed by atoms with Crippen LogP contribution in [0.4, 0.5) is 0 Å². The van der Waals surface area contributed by atoms with Crippen molar-refractivity contribution in [1.29, 1.82) is 0 Å². The van der Waals surface area contributed by atoms with Crippen LogP contribution in [0.3, 0.4) is 0 Å². The van der Waals surface area contributed by atoms with E-state index in [0.29, 0.717) is 0 Å². The number of hydrogen-bond donors (Lipinski definition) is 0. The molecule has 0 aromatic heterocycles. The zero-order valence-corrected chi connectivity index (χ0v) is 25.3. The minimum absolute atomic E-state index is 0.0406. The lowest BCUT2D eigenvalue weighted by Crippen LogP contribution is -2.13. The van der Waals surface area contributed by atoms with E-state index in [2.05, 4.69) is 160 Å². The third-order valence-electron chi connectivity index (χ3n) is 9.65. The first-order valence-corrected chi connectivity index (χ1v) is 15.6. The van der Waals surface area contributed by atoms with Crippen molar-refractivity contribution < 1.29 is 0 Å². The highest BCUT2D eigenvalue weighted by atomic mass is 14.3. The van der Waals surface area contributed by atoms with Gasteiger partial charge in [0.25, 0.3) is 0 Å². The SMILES string of the molecule is CC(C)(C)c1c2ccccc2c(-c2ccc3ccccc3c2)c2ccc(-c3ccc4ccc5cccc6ccc3c4c56)cc12. The van der Waals surface area contributed by atoms with Gasteiger partial charge < -0.3 is 0 Å². The highest BCUT2D eigenvalue weighted by Gasteiger charge is 2.24. The molecule has 0 N–H and O–H groups in total. The Morgan fingerprint density at radius 1 is 0.364 bits per heavy atom. The summed E-state index contributed by atoms with van der Waals surface area (Å²) in [6.07, 6.45) is 0. The molecule has 0 atom stereocenters. The van der Waals surface area contributed by atoms with Gasteiger partial charge in [-0.15, -0.1) is 0 Å². The van der Waals surface area contributed by atoms with Crippen LogP contribution in [0.1, 0.15) is 26.3 Å². The normalized spacial score (nSPS) is 12.4. The number of hydrogen-bond acceptors (Lipinski definition) is 0. The van der Waals surface area contributed by atoms with E-state index in [4.69, 9.17) is 0 Å². The van der Waals surface area contributed by atoms with E-state index in [1.807, 2.05) is 0 Å². The van der Waals surface area contributed by atoms with Gasteiger partial charge in [-0.1, -0.05) is 148 Å². The summed E-state index contributed by atoms with van der Waals surface area (Å²) in [5.74, 6) is 0. The van der Waals surface area contributed by atoms with Gasteiger partial charge in [-0.3, -0.25) is 0 Å². The maximum atomic E-state index is 2.47. The quantitative estimate of drug-likeness (QED) is 0.146. The van der Waals surface area contributed by atoms with Gasteiger partial charge in [-0.05, 0) is 110 Å². The Labute approximate surface area is 257 Å². The lowest BCUT2D eigenvalue weighted by atomic mass is 9.77. The number of rotatable bonds is 2. The Hall–Kier alpha value is -5.20. The van der Waals surface area contributed by atoms with E-state index in [0.717, 1.165) is 0 Å². The van der Waals surface area contributed by atoms with E-state index in [9.17, 15) is 0 Å². The molecule has 0 aliphatic carbocycles. The molecule has 0 aliphatic heterocycles. The van der Waals surface area contributed by atoms with Crippen molar-refractivity contribution >= 4 is 64.6 Å². The summed E-state index contributed by atoms with van der Waals surface area (Å²) in [5.41, 5.74) is 6.50. The summed E-state index contributed by atoms with van der Waals surface area (Å²) in [6.45, 7) is 7.06. The second-order valence-corrected chi connectivity index (χ2v) is 13.3. The summed E-state index contributed by atoms with van der Waals surface area (Å²) < 4.78 is 0. The fourth-order valence-electron chi connectivity index (χ4n) is 7.80. The van der Waals surface area contributed by atoms with Crippen LogP contribution in [0.5, 0.6) is 0 Å². The first-order chi connectivity index (χ1) is 21.5. The summed E-state index contributed by atoms with van der Waals surface area (Å²) >= 11 is 0. The highest BCUT2D eigenvalue weighted by Crippen LogP contribution is 2.46. The van der Waals surface area contributed by atoms with Gasteiger partial charge in [-0.25, -0.2) is 0 Å². The molecule has 0 radical (unpaired) electrons. The van der Waals surface area contributed by atoms with Crippen molar-refractivity contribution in [2.75, 3.05) is 0 Å². The molecule has 0 heterocycles. The molecule has 0 saturated heterocycles. The lowest BCUT2D eigenvalue weighted by Gasteiger charge is -2.27. The Morgan fingerprint density at radius 2 is 0.932 bits per heavy atom. The number of fused-ring (bicyclic) bond motifs is 3. The first kappa shape index (κ1) is 25.3. The highest BCUT2D eigenvalue weighted by molar-refractivity contribution is 6.26. The molecule has 208 valence electrons. The average Bonchev–Trinajstić information content (AvgIpc) is 3.05. The third-order valence-corrected chi connectivity index (χ3v) is 9.65. The van der Waals surface area contributed by atoms with Crippen molar-refractivity contribution in [1.82, 2.24) is 0 Å². The lowest BCUT2D eigenvalue weighted by molar-refractivity contribution is 0.601. The van der Waals surface area contributed by atoms with E-state index >= 15 is 0 Å². The zero-order valence-electron chi connectivity index (χ0n) is 25.3. The Bertz CT molecular complexity index is 2560. The minimum atomic E-state index is -0.0406. The zero-order chi connectivity index (χ0) is 29.6. The molecule has 44 heavy (non-hydrogen) atoms. The summed E-state index contributed by atoms with van der Waals surface area (Å²) in [5, 5.41) is 15.8. The Kier molecular flexibility index (Phi) is 5.26.